The predicted octanol–water partition coefficient (Wildman–Crippen LogP) is 4.74. The zero-order chi connectivity index (χ0) is 18.8. The summed E-state index contributed by atoms with van der Waals surface area (Å²) in [5, 5.41) is 6.94. The van der Waals surface area contributed by atoms with E-state index in [1.54, 1.807) is 11.3 Å². The predicted molar refractivity (Wildman–Crippen MR) is 117 cm³/mol. The number of nitrogens with one attached hydrogen (secondary N) is 1. The summed E-state index contributed by atoms with van der Waals surface area (Å²) in [7, 11) is 0. The van der Waals surface area contributed by atoms with Gasteiger partial charge in [0.1, 0.15) is 10.9 Å². The molecular formula is C20H14N2O2S3. The van der Waals surface area contributed by atoms with E-state index in [1.807, 2.05) is 66.1 Å². The van der Waals surface area contributed by atoms with Gasteiger partial charge in [-0.05, 0) is 40.4 Å². The number of hydrogen-bond acceptors (Lipinski definition) is 5. The van der Waals surface area contributed by atoms with Crippen molar-refractivity contribution in [3.63, 3.8) is 0 Å². The van der Waals surface area contributed by atoms with Crippen LogP contribution in [0.4, 0.5) is 5.69 Å². The number of benzene rings is 2. The van der Waals surface area contributed by atoms with Crippen LogP contribution in [0.15, 0.2) is 64.9 Å². The molecule has 0 bridgehead atoms. The van der Waals surface area contributed by atoms with Crippen LogP contribution in [0.1, 0.15) is 4.88 Å². The molecule has 1 aromatic heterocycles. The van der Waals surface area contributed by atoms with Crippen LogP contribution in [0.5, 0.6) is 0 Å². The molecular weight excluding hydrogens is 396 g/mol. The van der Waals surface area contributed by atoms with Gasteiger partial charge in [0.05, 0.1) is 4.91 Å². The van der Waals surface area contributed by atoms with Crippen molar-refractivity contribution in [2.45, 2.75) is 0 Å². The molecule has 7 heteroatoms. The molecule has 0 aliphatic carbocycles. The summed E-state index contributed by atoms with van der Waals surface area (Å²) >= 11 is 8.06. The molecule has 1 fully saturated rings. The molecule has 3 aromatic rings. The molecule has 4 nitrogen and oxygen atoms in total. The van der Waals surface area contributed by atoms with Gasteiger partial charge in [0.2, 0.25) is 5.91 Å². The van der Waals surface area contributed by atoms with E-state index in [0.717, 1.165) is 15.6 Å². The zero-order valence-electron chi connectivity index (χ0n) is 14.0. The quantitative estimate of drug-likeness (QED) is 0.499. The molecule has 2 heterocycles. The highest BCUT2D eigenvalue weighted by atomic mass is 32.2. The van der Waals surface area contributed by atoms with E-state index in [4.69, 9.17) is 12.2 Å². The van der Waals surface area contributed by atoms with Gasteiger partial charge in [0, 0.05) is 10.6 Å². The Balaban J connectivity index is 1.45. The average molecular weight is 411 g/mol. The van der Waals surface area contributed by atoms with Gasteiger partial charge in [-0.2, -0.15) is 0 Å². The maximum absolute atomic E-state index is 12.6. The number of carbonyl (C=O) groups is 2. The normalized spacial score (nSPS) is 15.7. The van der Waals surface area contributed by atoms with Crippen molar-refractivity contribution in [1.29, 1.82) is 0 Å². The molecule has 1 aliphatic heterocycles. The Morgan fingerprint density at radius 1 is 1.11 bits per heavy atom. The summed E-state index contributed by atoms with van der Waals surface area (Å²) in [6.07, 6.45) is 1.81. The van der Waals surface area contributed by atoms with Crippen LogP contribution in [0.2, 0.25) is 0 Å². The van der Waals surface area contributed by atoms with Gasteiger partial charge < -0.3 is 5.32 Å². The van der Waals surface area contributed by atoms with Gasteiger partial charge in [-0.1, -0.05) is 60.4 Å². The van der Waals surface area contributed by atoms with Crippen LogP contribution < -0.4 is 5.32 Å². The third-order valence-electron chi connectivity index (χ3n) is 4.03. The first-order chi connectivity index (χ1) is 13.1. The van der Waals surface area contributed by atoms with E-state index < -0.39 is 0 Å². The molecule has 0 unspecified atom stereocenters. The molecule has 134 valence electrons. The lowest BCUT2D eigenvalue weighted by Crippen LogP contribution is -2.36. The van der Waals surface area contributed by atoms with E-state index in [-0.39, 0.29) is 18.4 Å². The minimum absolute atomic E-state index is 0.0979. The van der Waals surface area contributed by atoms with E-state index in [0.29, 0.717) is 14.9 Å². The summed E-state index contributed by atoms with van der Waals surface area (Å²) in [4.78, 5) is 27.9. The maximum Gasteiger partial charge on any atom is 0.266 e. The highest BCUT2D eigenvalue weighted by Gasteiger charge is 2.33. The first kappa shape index (κ1) is 17.9. The smallest absolute Gasteiger partial charge is 0.266 e. The fraction of sp³-hybridized carbons (Fsp3) is 0.0500. The molecule has 1 N–H and O–H groups in total. The third kappa shape index (κ3) is 3.95. The molecule has 2 aromatic carbocycles. The Kier molecular flexibility index (Phi) is 5.07. The minimum atomic E-state index is -0.279. The number of nitrogens with zero attached hydrogens (tertiary/aromatic N) is 1. The van der Waals surface area contributed by atoms with Gasteiger partial charge in [-0.3, -0.25) is 14.5 Å². The Hall–Kier alpha value is -2.48. The second kappa shape index (κ2) is 7.64. The molecule has 2 amide bonds. The van der Waals surface area contributed by atoms with E-state index in [1.165, 1.54) is 16.7 Å². The van der Waals surface area contributed by atoms with Crippen LogP contribution in [-0.4, -0.2) is 27.6 Å². The topological polar surface area (TPSA) is 49.4 Å². The summed E-state index contributed by atoms with van der Waals surface area (Å²) in [5.74, 6) is -0.508. The molecule has 1 saturated heterocycles. The molecule has 0 atom stereocenters. The number of thioether (sulfide) groups is 1. The SMILES string of the molecule is O=C(CN1C(=O)/C(=C/c2cccs2)SC1=S)Nc1ccc2ccccc2c1. The number of anilines is 1. The van der Waals surface area contributed by atoms with Crippen molar-refractivity contribution in [2.24, 2.45) is 0 Å². The number of amides is 2. The fourth-order valence-corrected chi connectivity index (χ4v) is 4.73. The molecule has 1 aliphatic rings. The molecule has 0 spiro atoms. The van der Waals surface area contributed by atoms with Crippen LogP contribution in [-0.2, 0) is 9.59 Å². The molecule has 0 radical (unpaired) electrons. The number of rotatable bonds is 4. The van der Waals surface area contributed by atoms with Crippen molar-refractivity contribution < 1.29 is 9.59 Å². The first-order valence-electron chi connectivity index (χ1n) is 8.18. The summed E-state index contributed by atoms with van der Waals surface area (Å²) in [5.41, 5.74) is 0.693. The zero-order valence-corrected chi connectivity index (χ0v) is 16.5. The minimum Gasteiger partial charge on any atom is -0.325 e. The van der Waals surface area contributed by atoms with Gasteiger partial charge in [0.15, 0.2) is 0 Å². The standard InChI is InChI=1S/C20H14N2O2S3/c23-18(21-15-8-7-13-4-1-2-5-14(13)10-15)12-22-19(24)17(27-20(22)25)11-16-6-3-9-26-16/h1-11H,12H2,(H,21,23)/b17-11-. The largest absolute Gasteiger partial charge is 0.325 e. The molecule has 27 heavy (non-hydrogen) atoms. The lowest BCUT2D eigenvalue weighted by molar-refractivity contribution is -0.126. The molecule has 0 saturated carbocycles. The number of thiophene rings is 1. The van der Waals surface area contributed by atoms with E-state index >= 15 is 0 Å². The van der Waals surface area contributed by atoms with Crippen molar-refractivity contribution in [1.82, 2.24) is 4.90 Å². The number of fused-ring (bicyclic) bond motifs is 1. The van der Waals surface area contributed by atoms with Crippen molar-refractivity contribution in [3.05, 3.63) is 69.8 Å². The molecule has 4 rings (SSSR count). The monoisotopic (exact) mass is 410 g/mol. The van der Waals surface area contributed by atoms with Gasteiger partial charge in [-0.25, -0.2) is 0 Å². The second-order valence-electron chi connectivity index (χ2n) is 5.89. The number of carbonyl (C=O) groups excluding carboxylic acids is 2. The Bertz CT molecular complexity index is 1070. The summed E-state index contributed by atoms with van der Waals surface area (Å²) < 4.78 is 0.400. The fourth-order valence-electron chi connectivity index (χ4n) is 2.75. The van der Waals surface area contributed by atoms with Crippen molar-refractivity contribution >= 4 is 74.0 Å². The lowest BCUT2D eigenvalue weighted by Gasteiger charge is -2.14. The van der Waals surface area contributed by atoms with E-state index in [2.05, 4.69) is 5.32 Å². The highest BCUT2D eigenvalue weighted by molar-refractivity contribution is 8.26. The Morgan fingerprint density at radius 3 is 2.70 bits per heavy atom. The highest BCUT2D eigenvalue weighted by Crippen LogP contribution is 2.33. The van der Waals surface area contributed by atoms with Crippen LogP contribution >= 0.6 is 35.3 Å². The van der Waals surface area contributed by atoms with E-state index in [9.17, 15) is 9.59 Å². The Morgan fingerprint density at radius 2 is 1.93 bits per heavy atom. The van der Waals surface area contributed by atoms with Crippen molar-refractivity contribution in [2.75, 3.05) is 11.9 Å². The maximum atomic E-state index is 12.6. The summed E-state index contributed by atoms with van der Waals surface area (Å²) in [6.45, 7) is -0.0979. The van der Waals surface area contributed by atoms with Crippen LogP contribution in [0.25, 0.3) is 16.8 Å². The van der Waals surface area contributed by atoms with Crippen LogP contribution in [0.3, 0.4) is 0 Å². The first-order valence-corrected chi connectivity index (χ1v) is 10.3. The average Bonchev–Trinajstić information content (AvgIpc) is 3.26. The number of thiocarbonyl (C=S) groups is 1. The Labute approximate surface area is 169 Å². The van der Waals surface area contributed by atoms with Crippen LogP contribution in [0, 0.1) is 0 Å². The van der Waals surface area contributed by atoms with Gasteiger partial charge >= 0.3 is 0 Å². The van der Waals surface area contributed by atoms with Gasteiger partial charge in [-0.15, -0.1) is 11.3 Å². The number of hydrogen-bond donors (Lipinski definition) is 1. The van der Waals surface area contributed by atoms with Crippen molar-refractivity contribution in [3.8, 4) is 0 Å². The second-order valence-corrected chi connectivity index (χ2v) is 8.55. The third-order valence-corrected chi connectivity index (χ3v) is 6.22. The lowest BCUT2D eigenvalue weighted by atomic mass is 10.1. The van der Waals surface area contributed by atoms with Gasteiger partial charge in [0.25, 0.3) is 5.91 Å². The summed E-state index contributed by atoms with van der Waals surface area (Å²) in [6, 6.07) is 17.5.